The third kappa shape index (κ3) is 4.62. The van der Waals surface area contributed by atoms with E-state index >= 15 is 0 Å². The lowest BCUT2D eigenvalue weighted by molar-refractivity contribution is -0.134. The average molecular weight is 435 g/mol. The number of carbonyl (C=O) groups excluding carboxylic acids is 2. The predicted octanol–water partition coefficient (Wildman–Crippen LogP) is 2.02. The summed E-state index contributed by atoms with van der Waals surface area (Å²) in [7, 11) is 1.62. The molecule has 3 heterocycles. The fraction of sp³-hybridized carbons (Fsp3) is 0.304. The number of benzene rings is 1. The van der Waals surface area contributed by atoms with E-state index in [4.69, 9.17) is 15.2 Å². The molecule has 0 aliphatic carbocycles. The molecule has 1 aromatic carbocycles. The summed E-state index contributed by atoms with van der Waals surface area (Å²) in [5.41, 5.74) is 9.04. The SMILES string of the molecule is COc1ccc(Cn2nccc2-c2nccc(C(=O)CC(=O)N3CCOCC3)c2N)cc1. The third-order valence-electron chi connectivity index (χ3n) is 5.42. The Morgan fingerprint density at radius 3 is 2.56 bits per heavy atom. The maximum Gasteiger partial charge on any atom is 0.230 e. The molecule has 32 heavy (non-hydrogen) atoms. The summed E-state index contributed by atoms with van der Waals surface area (Å²) in [6.07, 6.45) is 2.96. The lowest BCUT2D eigenvalue weighted by Gasteiger charge is -2.26. The number of methoxy groups -OCH3 is 1. The zero-order valence-electron chi connectivity index (χ0n) is 17.9. The molecule has 4 rings (SSSR count). The predicted molar refractivity (Wildman–Crippen MR) is 118 cm³/mol. The van der Waals surface area contributed by atoms with E-state index in [1.165, 1.54) is 6.20 Å². The molecule has 9 nitrogen and oxygen atoms in total. The Kier molecular flexibility index (Phi) is 6.46. The number of ketones is 1. The van der Waals surface area contributed by atoms with Gasteiger partial charge in [-0.05, 0) is 29.8 Å². The van der Waals surface area contributed by atoms with Crippen LogP contribution in [0, 0.1) is 0 Å². The third-order valence-corrected chi connectivity index (χ3v) is 5.42. The van der Waals surface area contributed by atoms with Crippen LogP contribution in [0.5, 0.6) is 5.75 Å². The molecule has 1 aliphatic heterocycles. The Hall–Kier alpha value is -3.72. The monoisotopic (exact) mass is 435 g/mol. The van der Waals surface area contributed by atoms with Gasteiger partial charge in [0.15, 0.2) is 5.78 Å². The highest BCUT2D eigenvalue weighted by atomic mass is 16.5. The minimum Gasteiger partial charge on any atom is -0.497 e. The van der Waals surface area contributed by atoms with Crippen LogP contribution in [0.15, 0.2) is 48.8 Å². The molecule has 1 fully saturated rings. The summed E-state index contributed by atoms with van der Waals surface area (Å²) in [5, 5.41) is 4.39. The molecule has 3 aromatic rings. The van der Waals surface area contributed by atoms with E-state index in [-0.39, 0.29) is 29.4 Å². The first-order valence-electron chi connectivity index (χ1n) is 10.3. The van der Waals surface area contributed by atoms with Gasteiger partial charge in [0.25, 0.3) is 0 Å². The van der Waals surface area contributed by atoms with Crippen molar-refractivity contribution >= 4 is 17.4 Å². The number of carbonyl (C=O) groups is 2. The Balaban J connectivity index is 1.54. The van der Waals surface area contributed by atoms with Gasteiger partial charge in [0, 0.05) is 31.0 Å². The number of aromatic nitrogens is 3. The van der Waals surface area contributed by atoms with Gasteiger partial charge in [-0.1, -0.05) is 12.1 Å². The molecule has 1 amide bonds. The molecule has 1 saturated heterocycles. The summed E-state index contributed by atoms with van der Waals surface area (Å²) in [5.74, 6) is 0.225. The van der Waals surface area contributed by atoms with Crippen LogP contribution in [-0.4, -0.2) is 64.8 Å². The van der Waals surface area contributed by atoms with Crippen LogP contribution in [0.1, 0.15) is 22.3 Å². The van der Waals surface area contributed by atoms with E-state index in [1.807, 2.05) is 24.3 Å². The molecular formula is C23H25N5O4. The Morgan fingerprint density at radius 1 is 1.09 bits per heavy atom. The molecule has 2 aromatic heterocycles. The smallest absolute Gasteiger partial charge is 0.230 e. The van der Waals surface area contributed by atoms with Crippen molar-refractivity contribution < 1.29 is 19.1 Å². The number of hydrogen-bond acceptors (Lipinski definition) is 7. The van der Waals surface area contributed by atoms with Gasteiger partial charge >= 0.3 is 0 Å². The summed E-state index contributed by atoms with van der Waals surface area (Å²) in [4.78, 5) is 31.4. The first kappa shape index (κ1) is 21.5. The van der Waals surface area contributed by atoms with Crippen molar-refractivity contribution in [2.75, 3.05) is 39.1 Å². The second kappa shape index (κ2) is 9.61. The topological polar surface area (TPSA) is 113 Å². The van der Waals surface area contributed by atoms with Gasteiger partial charge < -0.3 is 20.1 Å². The molecule has 2 N–H and O–H groups in total. The minimum absolute atomic E-state index is 0.222. The highest BCUT2D eigenvalue weighted by molar-refractivity contribution is 6.11. The normalized spacial score (nSPS) is 13.7. The summed E-state index contributed by atoms with van der Waals surface area (Å²) < 4.78 is 12.2. The van der Waals surface area contributed by atoms with Crippen molar-refractivity contribution in [3.05, 3.63) is 59.9 Å². The molecule has 0 radical (unpaired) electrons. The molecule has 0 unspecified atom stereocenters. The van der Waals surface area contributed by atoms with Gasteiger partial charge in [-0.3, -0.25) is 19.3 Å². The zero-order valence-corrected chi connectivity index (χ0v) is 17.9. The number of Topliss-reactive ketones (excluding diaryl/α,β-unsaturated/α-hetero) is 1. The lowest BCUT2D eigenvalue weighted by Crippen LogP contribution is -2.41. The summed E-state index contributed by atoms with van der Waals surface area (Å²) in [6, 6.07) is 11.0. The molecule has 9 heteroatoms. The number of hydrogen-bond donors (Lipinski definition) is 1. The maximum absolute atomic E-state index is 12.9. The van der Waals surface area contributed by atoms with Crippen molar-refractivity contribution in [2.45, 2.75) is 13.0 Å². The van der Waals surface area contributed by atoms with E-state index in [1.54, 1.807) is 35.0 Å². The molecule has 0 spiro atoms. The number of nitrogens with zero attached hydrogens (tertiary/aromatic N) is 4. The van der Waals surface area contributed by atoms with Gasteiger partial charge in [0.2, 0.25) is 5.91 Å². The maximum atomic E-state index is 12.9. The molecule has 0 bridgehead atoms. The number of rotatable bonds is 7. The van der Waals surface area contributed by atoms with E-state index in [9.17, 15) is 9.59 Å². The second-order valence-electron chi connectivity index (χ2n) is 7.44. The van der Waals surface area contributed by atoms with E-state index in [0.717, 1.165) is 11.3 Å². The number of morpholine rings is 1. The van der Waals surface area contributed by atoms with Crippen molar-refractivity contribution in [3.63, 3.8) is 0 Å². The highest BCUT2D eigenvalue weighted by Gasteiger charge is 2.23. The van der Waals surface area contributed by atoms with Crippen molar-refractivity contribution in [2.24, 2.45) is 0 Å². The van der Waals surface area contributed by atoms with Crippen LogP contribution < -0.4 is 10.5 Å². The van der Waals surface area contributed by atoms with Crippen LogP contribution >= 0.6 is 0 Å². The lowest BCUT2D eigenvalue weighted by atomic mass is 10.0. The van der Waals surface area contributed by atoms with Crippen LogP contribution in [0.25, 0.3) is 11.4 Å². The van der Waals surface area contributed by atoms with E-state index < -0.39 is 0 Å². The number of nitrogen functional groups attached to an aromatic ring is 1. The fourth-order valence-corrected chi connectivity index (χ4v) is 3.64. The van der Waals surface area contributed by atoms with Crippen molar-refractivity contribution in [1.82, 2.24) is 19.7 Å². The van der Waals surface area contributed by atoms with Crippen LogP contribution in [-0.2, 0) is 16.1 Å². The molecule has 166 valence electrons. The highest BCUT2D eigenvalue weighted by Crippen LogP contribution is 2.28. The second-order valence-corrected chi connectivity index (χ2v) is 7.44. The van der Waals surface area contributed by atoms with Gasteiger partial charge in [0.1, 0.15) is 11.4 Å². The number of nitrogens with two attached hydrogens (primary N) is 1. The molecule has 0 saturated carbocycles. The number of ether oxygens (including phenoxy) is 2. The number of anilines is 1. The van der Waals surface area contributed by atoms with Crippen molar-refractivity contribution in [1.29, 1.82) is 0 Å². The largest absolute Gasteiger partial charge is 0.497 e. The molecule has 1 aliphatic rings. The quantitative estimate of drug-likeness (QED) is 0.446. The summed E-state index contributed by atoms with van der Waals surface area (Å²) in [6.45, 7) is 2.46. The first-order valence-corrected chi connectivity index (χ1v) is 10.3. The number of pyridine rings is 1. The average Bonchev–Trinajstić information content (AvgIpc) is 3.28. The number of amides is 1. The van der Waals surface area contributed by atoms with Crippen LogP contribution in [0.4, 0.5) is 5.69 Å². The first-order chi connectivity index (χ1) is 15.6. The minimum atomic E-state index is -0.330. The van der Waals surface area contributed by atoms with Gasteiger partial charge in [-0.25, -0.2) is 0 Å². The Bertz CT molecular complexity index is 1100. The van der Waals surface area contributed by atoms with E-state index in [2.05, 4.69) is 10.1 Å². The van der Waals surface area contributed by atoms with Crippen LogP contribution in [0.2, 0.25) is 0 Å². The van der Waals surface area contributed by atoms with E-state index in [0.29, 0.717) is 44.2 Å². The van der Waals surface area contributed by atoms with Gasteiger partial charge in [-0.15, -0.1) is 0 Å². The molecule has 0 atom stereocenters. The van der Waals surface area contributed by atoms with Crippen LogP contribution in [0.3, 0.4) is 0 Å². The Labute approximate surface area is 185 Å². The molecular weight excluding hydrogens is 410 g/mol. The Morgan fingerprint density at radius 2 is 1.84 bits per heavy atom. The summed E-state index contributed by atoms with van der Waals surface area (Å²) >= 11 is 0. The standard InChI is InChI=1S/C23H25N5O4/c1-31-17-4-2-16(3-5-17)15-28-19(7-9-26-28)23-22(24)18(6-8-25-23)20(29)14-21(30)27-10-12-32-13-11-27/h2-9H,10-15,24H2,1H3. The fourth-order valence-electron chi connectivity index (χ4n) is 3.64. The van der Waals surface area contributed by atoms with Crippen molar-refractivity contribution in [3.8, 4) is 17.1 Å². The van der Waals surface area contributed by atoms with Gasteiger partial charge in [-0.2, -0.15) is 5.10 Å². The zero-order chi connectivity index (χ0) is 22.5. The van der Waals surface area contributed by atoms with Gasteiger partial charge in [0.05, 0.1) is 44.7 Å².